The number of carbonyl (C=O) groups excluding carboxylic acids is 3. The Bertz CT molecular complexity index is 951. The molecule has 0 spiro atoms. The number of ether oxygens (including phenoxy) is 2. The highest BCUT2D eigenvalue weighted by molar-refractivity contribution is 6.43. The minimum absolute atomic E-state index is 0.154. The smallest absolute Gasteiger partial charge is 0.344 e. The van der Waals surface area contributed by atoms with Gasteiger partial charge in [-0.2, -0.15) is 0 Å². The molecule has 0 aliphatic carbocycles. The number of rotatable bonds is 5. The molecule has 0 aromatic heterocycles. The Morgan fingerprint density at radius 1 is 1.04 bits per heavy atom. The van der Waals surface area contributed by atoms with Gasteiger partial charge in [-0.25, -0.2) is 4.79 Å². The Morgan fingerprint density at radius 3 is 2.54 bits per heavy atom. The van der Waals surface area contributed by atoms with Crippen molar-refractivity contribution in [1.82, 2.24) is 0 Å². The van der Waals surface area contributed by atoms with Crippen LogP contribution < -0.4 is 15.0 Å². The maximum atomic E-state index is 12.4. The van der Waals surface area contributed by atoms with Crippen LogP contribution >= 0.6 is 34.8 Å². The van der Waals surface area contributed by atoms with E-state index in [0.717, 1.165) is 0 Å². The second-order valence-corrected chi connectivity index (χ2v) is 6.91. The van der Waals surface area contributed by atoms with Crippen LogP contribution in [-0.4, -0.2) is 37.5 Å². The first-order valence-electron chi connectivity index (χ1n) is 7.97. The summed E-state index contributed by atoms with van der Waals surface area (Å²) in [6.07, 6.45) is 0. The Hall–Kier alpha value is -2.48. The van der Waals surface area contributed by atoms with Crippen LogP contribution in [0.2, 0.25) is 15.1 Å². The molecule has 0 atom stereocenters. The summed E-state index contributed by atoms with van der Waals surface area (Å²) in [4.78, 5) is 37.3. The standard InChI is InChI=1S/C18H13Cl3N2O5/c19-10-5-12(21)15(6-11(10)20)27-9-18(26)28-8-17(25)23-7-16(24)22-13-3-1-2-4-14(13)23/h1-6H,7-9H2,(H,22,24). The summed E-state index contributed by atoms with van der Waals surface area (Å²) in [5.74, 6) is -1.51. The van der Waals surface area contributed by atoms with Crippen molar-refractivity contribution in [3.8, 4) is 5.75 Å². The van der Waals surface area contributed by atoms with Gasteiger partial charge in [-0.1, -0.05) is 46.9 Å². The first-order chi connectivity index (χ1) is 13.3. The first-order valence-corrected chi connectivity index (χ1v) is 9.10. The van der Waals surface area contributed by atoms with Gasteiger partial charge in [0.05, 0.1) is 26.4 Å². The van der Waals surface area contributed by atoms with Gasteiger partial charge in [0.2, 0.25) is 5.91 Å². The number of fused-ring (bicyclic) bond motifs is 1. The molecule has 3 rings (SSSR count). The zero-order valence-electron chi connectivity index (χ0n) is 14.2. The third-order valence-corrected chi connectivity index (χ3v) is 4.77. The Kier molecular flexibility index (Phi) is 6.28. The Balaban J connectivity index is 1.56. The third-order valence-electron chi connectivity index (χ3n) is 3.75. The normalized spacial score (nSPS) is 12.8. The number of hydrogen-bond acceptors (Lipinski definition) is 5. The molecule has 7 nitrogen and oxygen atoms in total. The minimum Gasteiger partial charge on any atom is -0.480 e. The maximum Gasteiger partial charge on any atom is 0.344 e. The summed E-state index contributed by atoms with van der Waals surface area (Å²) < 4.78 is 10.2. The van der Waals surface area contributed by atoms with Gasteiger partial charge >= 0.3 is 5.97 Å². The zero-order chi connectivity index (χ0) is 20.3. The second-order valence-electron chi connectivity index (χ2n) is 5.69. The molecular weight excluding hydrogens is 431 g/mol. The average Bonchev–Trinajstić information content (AvgIpc) is 2.67. The molecule has 0 saturated carbocycles. The number of carbonyl (C=O) groups is 3. The monoisotopic (exact) mass is 442 g/mol. The van der Waals surface area contributed by atoms with E-state index in [4.69, 9.17) is 44.3 Å². The molecule has 2 amide bonds. The predicted octanol–water partition coefficient (Wildman–Crippen LogP) is 3.55. The summed E-state index contributed by atoms with van der Waals surface area (Å²) in [6.45, 7) is -1.19. The molecule has 0 unspecified atom stereocenters. The van der Waals surface area contributed by atoms with Crippen LogP contribution in [0.4, 0.5) is 11.4 Å². The molecule has 10 heteroatoms. The summed E-state index contributed by atoms with van der Waals surface area (Å²) in [5, 5.41) is 3.31. The van der Waals surface area contributed by atoms with E-state index in [0.29, 0.717) is 11.4 Å². The Labute approximate surface area is 175 Å². The summed E-state index contributed by atoms with van der Waals surface area (Å²) in [5.41, 5.74) is 1.04. The number of amides is 2. The van der Waals surface area contributed by atoms with E-state index in [1.165, 1.54) is 17.0 Å². The summed E-state index contributed by atoms with van der Waals surface area (Å²) in [7, 11) is 0. The van der Waals surface area contributed by atoms with Crippen molar-refractivity contribution in [3.63, 3.8) is 0 Å². The molecule has 28 heavy (non-hydrogen) atoms. The fourth-order valence-corrected chi connectivity index (χ4v) is 3.06. The van der Waals surface area contributed by atoms with Crippen molar-refractivity contribution in [2.45, 2.75) is 0 Å². The van der Waals surface area contributed by atoms with Crippen LogP contribution in [0.1, 0.15) is 0 Å². The fourth-order valence-electron chi connectivity index (χ4n) is 2.47. The van der Waals surface area contributed by atoms with Gasteiger partial charge in [0.25, 0.3) is 5.91 Å². The van der Waals surface area contributed by atoms with Crippen molar-refractivity contribution in [2.75, 3.05) is 30.0 Å². The van der Waals surface area contributed by atoms with Gasteiger partial charge < -0.3 is 14.8 Å². The van der Waals surface area contributed by atoms with Crippen molar-refractivity contribution in [2.24, 2.45) is 0 Å². The average molecular weight is 444 g/mol. The lowest BCUT2D eigenvalue weighted by Crippen LogP contribution is -2.44. The molecule has 0 fully saturated rings. The molecule has 1 aliphatic rings. The van der Waals surface area contributed by atoms with Crippen LogP contribution in [0.5, 0.6) is 5.75 Å². The van der Waals surface area contributed by atoms with Crippen molar-refractivity contribution in [1.29, 1.82) is 0 Å². The van der Waals surface area contributed by atoms with Gasteiger partial charge in [0.1, 0.15) is 12.3 Å². The predicted molar refractivity (Wildman–Crippen MR) is 105 cm³/mol. The van der Waals surface area contributed by atoms with Gasteiger partial charge in [0.15, 0.2) is 13.2 Å². The minimum atomic E-state index is -0.787. The lowest BCUT2D eigenvalue weighted by Gasteiger charge is -2.28. The van der Waals surface area contributed by atoms with Crippen molar-refractivity contribution in [3.05, 3.63) is 51.5 Å². The molecule has 2 aromatic rings. The summed E-state index contributed by atoms with van der Waals surface area (Å²) in [6, 6.07) is 9.58. The van der Waals surface area contributed by atoms with Crippen LogP contribution in [0.3, 0.4) is 0 Å². The molecule has 0 saturated heterocycles. The molecule has 0 radical (unpaired) electrons. The summed E-state index contributed by atoms with van der Waals surface area (Å²) >= 11 is 17.6. The number of benzene rings is 2. The molecule has 1 N–H and O–H groups in total. The highest BCUT2D eigenvalue weighted by Gasteiger charge is 2.27. The topological polar surface area (TPSA) is 84.9 Å². The maximum absolute atomic E-state index is 12.4. The molecular formula is C18H13Cl3N2O5. The van der Waals surface area contributed by atoms with Gasteiger partial charge in [-0.3, -0.25) is 14.5 Å². The van der Waals surface area contributed by atoms with Crippen LogP contribution in [0.15, 0.2) is 36.4 Å². The molecule has 0 bridgehead atoms. The second kappa shape index (κ2) is 8.68. The number of esters is 1. The van der Waals surface area contributed by atoms with E-state index in [1.54, 1.807) is 24.3 Å². The van der Waals surface area contributed by atoms with E-state index in [1.807, 2.05) is 0 Å². The number of para-hydroxylation sites is 2. The molecule has 2 aromatic carbocycles. The van der Waals surface area contributed by atoms with Crippen LogP contribution in [-0.2, 0) is 19.1 Å². The molecule has 1 aliphatic heterocycles. The SMILES string of the molecule is O=C1CN(C(=O)COC(=O)COc2cc(Cl)c(Cl)cc2Cl)c2ccccc2N1. The number of hydrogen-bond donors (Lipinski definition) is 1. The van der Waals surface area contributed by atoms with Crippen LogP contribution in [0.25, 0.3) is 0 Å². The van der Waals surface area contributed by atoms with E-state index in [2.05, 4.69) is 5.32 Å². The number of anilines is 2. The van der Waals surface area contributed by atoms with Gasteiger partial charge in [-0.05, 0) is 18.2 Å². The number of nitrogens with one attached hydrogen (secondary N) is 1. The van der Waals surface area contributed by atoms with Gasteiger partial charge in [0, 0.05) is 6.07 Å². The van der Waals surface area contributed by atoms with Gasteiger partial charge in [-0.15, -0.1) is 0 Å². The van der Waals surface area contributed by atoms with Crippen LogP contribution in [0, 0.1) is 0 Å². The van der Waals surface area contributed by atoms with Crippen molar-refractivity contribution < 1.29 is 23.9 Å². The largest absolute Gasteiger partial charge is 0.480 e. The molecule has 1 heterocycles. The fraction of sp³-hybridized carbons (Fsp3) is 0.167. The van der Waals surface area contributed by atoms with E-state index in [9.17, 15) is 14.4 Å². The number of nitrogens with zero attached hydrogens (tertiary/aromatic N) is 1. The highest BCUT2D eigenvalue weighted by Crippen LogP contribution is 2.34. The van der Waals surface area contributed by atoms with Crippen molar-refractivity contribution >= 4 is 64.0 Å². The quantitative estimate of drug-likeness (QED) is 0.564. The third kappa shape index (κ3) is 4.67. The number of halogens is 3. The highest BCUT2D eigenvalue weighted by atomic mass is 35.5. The lowest BCUT2D eigenvalue weighted by atomic mass is 10.2. The first kappa shape index (κ1) is 20.3. The zero-order valence-corrected chi connectivity index (χ0v) is 16.5. The van der Waals surface area contributed by atoms with E-state index < -0.39 is 25.1 Å². The Morgan fingerprint density at radius 2 is 1.75 bits per heavy atom. The molecule has 146 valence electrons. The van der Waals surface area contributed by atoms with E-state index in [-0.39, 0.29) is 33.3 Å². The lowest BCUT2D eigenvalue weighted by molar-refractivity contribution is -0.149. The van der Waals surface area contributed by atoms with E-state index >= 15 is 0 Å².